The molecule has 2 amide bonds. The van der Waals surface area contributed by atoms with Gasteiger partial charge in [0.15, 0.2) is 5.75 Å². The summed E-state index contributed by atoms with van der Waals surface area (Å²) in [7, 11) is 3.55. The molecule has 9 atom stereocenters. The van der Waals surface area contributed by atoms with Gasteiger partial charge in [-0.25, -0.2) is 4.99 Å². The standard InChI is InChI=1S/C59H79N7O12/c1-32(2)30-65-22-20-59(21-23-65)62-47-44-45-52(71)38(8)55-46(44)56(73)58(9,78-55)76-28-19-41(75-11)35(5)54(77-43(68)29-42(67)60-40-17-15-39(16-18-40)31-66-26-24-64(10)25-27-66)37(7)51(70)36(6)50(69)33(3)13-12-14-34(4)57(74)61-49(53(45)72)48(47)63-59/h12-19,28,32-33,35-37,41,50-51,54,62,69-72H,20-27,29-31H2,1-11H3,(H,60,67)/b13-12+,28-19+,34-14-,61-49?/t33-,35+,36+,37+,41-,50-,51+,54+,58-/m0/s1. The number of allylic oxidation sites excluding steroid dienone is 2. The van der Waals surface area contributed by atoms with Crippen LogP contribution in [0.1, 0.15) is 96.1 Å². The molecule has 9 rings (SSSR count). The number of phenolic OH excluding ortho intramolecular Hbond substituents is 2. The minimum absolute atomic E-state index is 0.0208. The monoisotopic (exact) mass is 1080 g/mol. The summed E-state index contributed by atoms with van der Waals surface area (Å²) in [5.74, 6) is -8.25. The predicted octanol–water partition coefficient (Wildman–Crippen LogP) is 5.51. The molecule has 422 valence electrons. The van der Waals surface area contributed by atoms with Crippen molar-refractivity contribution >= 4 is 45.7 Å². The second-order valence-corrected chi connectivity index (χ2v) is 22.9. The Bertz CT molecular complexity index is 3000. The highest BCUT2D eigenvalue weighted by atomic mass is 16.7. The largest absolute Gasteiger partial charge is 0.507 e. The normalized spacial score (nSPS) is 29.7. The molecular weight excluding hydrogens is 999 g/mol. The smallest absolute Gasteiger partial charge is 0.315 e. The molecule has 0 saturated carbocycles. The molecule has 6 heterocycles. The zero-order valence-electron chi connectivity index (χ0n) is 47.0. The fraction of sp³-hybridized carbons (Fsp3) is 0.559. The van der Waals surface area contributed by atoms with Gasteiger partial charge >= 0.3 is 11.8 Å². The Kier molecular flexibility index (Phi) is 17.6. The lowest BCUT2D eigenvalue weighted by molar-refractivity contribution is -0.164. The predicted molar refractivity (Wildman–Crippen MR) is 294 cm³/mol. The number of piperazine rings is 1. The van der Waals surface area contributed by atoms with Crippen molar-refractivity contribution in [2.45, 2.75) is 124 Å². The molecule has 0 unspecified atom stereocenters. The van der Waals surface area contributed by atoms with Gasteiger partial charge in [-0.05, 0) is 50.6 Å². The molecule has 2 fully saturated rings. The minimum Gasteiger partial charge on any atom is -0.507 e. The van der Waals surface area contributed by atoms with Crippen molar-refractivity contribution in [1.29, 1.82) is 0 Å². The van der Waals surface area contributed by atoms with E-state index in [1.807, 2.05) is 12.1 Å². The van der Waals surface area contributed by atoms with Gasteiger partial charge in [0.25, 0.3) is 11.7 Å². The van der Waals surface area contributed by atoms with Gasteiger partial charge < -0.3 is 59.8 Å². The number of aliphatic hydroxyl groups is 2. The van der Waals surface area contributed by atoms with Gasteiger partial charge in [0.05, 0.1) is 41.2 Å². The SMILES string of the molecule is CO[C@H]1/C=C/O[C@@]2(C)Oc3c(C)c(O)c4c(O)c(c5c(c4c3C2=O)NC2(CCN(CC(C)C)CC2)N=5)=NC(=O)/C(C)=C\C=C\[C@H](C)[C@H](O)[C@@H](C)[C@@H](O)[C@@H](C)[C@H](OC(=O)CC(=O)Nc2ccc(CN3CCN(C)CC3)cc2)[C@@H]1C. The number of esters is 1. The van der Waals surface area contributed by atoms with Gasteiger partial charge in [-0.1, -0.05) is 71.9 Å². The van der Waals surface area contributed by atoms with Crippen molar-refractivity contribution < 1.29 is 58.6 Å². The molecule has 3 aromatic carbocycles. The topological polar surface area (TPSA) is 245 Å². The Morgan fingerprint density at radius 1 is 0.885 bits per heavy atom. The van der Waals surface area contributed by atoms with E-state index in [0.29, 0.717) is 43.2 Å². The van der Waals surface area contributed by atoms with Crippen molar-refractivity contribution in [2.24, 2.45) is 39.6 Å². The van der Waals surface area contributed by atoms with Crippen LogP contribution in [0, 0.1) is 36.5 Å². The minimum atomic E-state index is -2.03. The van der Waals surface area contributed by atoms with Crippen LogP contribution in [0.25, 0.3) is 10.8 Å². The molecule has 1 spiro atoms. The highest BCUT2D eigenvalue weighted by Gasteiger charge is 2.51. The number of aliphatic hydroxyl groups excluding tert-OH is 2. The molecule has 0 aromatic heterocycles. The van der Waals surface area contributed by atoms with Crippen LogP contribution >= 0.6 is 0 Å². The Labute approximate surface area is 456 Å². The quantitative estimate of drug-likeness (QED) is 0.0880. The number of ether oxygens (including phenoxy) is 4. The molecular formula is C59H79N7O12. The number of amides is 2. The first-order valence-electron chi connectivity index (χ1n) is 27.3. The van der Waals surface area contributed by atoms with Gasteiger partial charge in [0.1, 0.15) is 40.4 Å². The van der Waals surface area contributed by atoms with Crippen LogP contribution < -0.4 is 26.1 Å². The van der Waals surface area contributed by atoms with Gasteiger partial charge in [0.2, 0.25) is 5.91 Å². The van der Waals surface area contributed by atoms with Gasteiger partial charge in [-0.15, -0.1) is 0 Å². The van der Waals surface area contributed by atoms with Crippen LogP contribution in [0.4, 0.5) is 11.4 Å². The van der Waals surface area contributed by atoms with Gasteiger partial charge in [0, 0.05) is 125 Å². The lowest BCUT2D eigenvalue weighted by atomic mass is 9.78. The van der Waals surface area contributed by atoms with E-state index in [-0.39, 0.29) is 43.9 Å². The van der Waals surface area contributed by atoms with Crippen LogP contribution in [0.15, 0.2) is 70.4 Å². The number of phenols is 2. The number of hydrogen-bond donors (Lipinski definition) is 6. The van der Waals surface area contributed by atoms with Crippen LogP contribution in [-0.4, -0.2) is 155 Å². The number of anilines is 2. The van der Waals surface area contributed by atoms with Crippen LogP contribution in [-0.2, 0) is 35.1 Å². The number of rotatable bonds is 9. The Morgan fingerprint density at radius 3 is 2.22 bits per heavy atom. The van der Waals surface area contributed by atoms with E-state index < -0.39 is 101 Å². The number of benzene rings is 3. The number of carbonyl (C=O) groups excluding carboxylic acids is 4. The number of methoxy groups -OCH3 is 1. The fourth-order valence-corrected chi connectivity index (χ4v) is 11.5. The fourth-order valence-electron chi connectivity index (χ4n) is 11.5. The van der Waals surface area contributed by atoms with Crippen LogP contribution in [0.3, 0.4) is 0 Å². The summed E-state index contributed by atoms with van der Waals surface area (Å²) in [6.07, 6.45) is 3.65. The molecule has 19 heteroatoms. The lowest BCUT2D eigenvalue weighted by Gasteiger charge is -2.38. The number of nitrogens with zero attached hydrogens (tertiary/aromatic N) is 5. The number of hydrogen-bond acceptors (Lipinski definition) is 17. The van der Waals surface area contributed by atoms with Gasteiger partial charge in [-0.2, -0.15) is 0 Å². The molecule has 0 aliphatic carbocycles. The summed E-state index contributed by atoms with van der Waals surface area (Å²) in [6.45, 7) is 22.7. The third kappa shape index (κ3) is 12.0. The summed E-state index contributed by atoms with van der Waals surface area (Å²) in [5.41, 5.74) is 1.35. The Hall–Kier alpha value is -6.22. The van der Waals surface area contributed by atoms with Crippen LogP contribution in [0.5, 0.6) is 17.2 Å². The zero-order valence-corrected chi connectivity index (χ0v) is 47.0. The van der Waals surface area contributed by atoms with Crippen molar-refractivity contribution in [3.05, 3.63) is 87.8 Å². The number of Topliss-reactive ketones (excluding diaryl/α,β-unsaturated/α-hetero) is 1. The maximum absolute atomic E-state index is 15.0. The summed E-state index contributed by atoms with van der Waals surface area (Å²) in [4.78, 5) is 72.9. The molecule has 78 heavy (non-hydrogen) atoms. The number of ketones is 1. The average molecular weight is 1080 g/mol. The first-order valence-corrected chi connectivity index (χ1v) is 27.3. The van der Waals surface area contributed by atoms with E-state index in [4.69, 9.17) is 23.9 Å². The van der Waals surface area contributed by atoms with E-state index in [9.17, 15) is 39.6 Å². The summed E-state index contributed by atoms with van der Waals surface area (Å²) in [5, 5.41) is 54.3. The molecule has 6 aliphatic rings. The maximum atomic E-state index is 15.0. The van der Waals surface area contributed by atoms with Crippen molar-refractivity contribution in [1.82, 2.24) is 14.7 Å². The average Bonchev–Trinajstić information content (AvgIpc) is 3.96. The molecule has 6 N–H and O–H groups in total. The number of nitrogens with one attached hydrogen (secondary N) is 2. The van der Waals surface area contributed by atoms with E-state index in [1.165, 1.54) is 32.4 Å². The van der Waals surface area contributed by atoms with Crippen molar-refractivity contribution in [3.63, 3.8) is 0 Å². The van der Waals surface area contributed by atoms with E-state index in [0.717, 1.165) is 44.8 Å². The number of likely N-dealkylation sites (N-methyl/N-ethyl adjacent to an activating group) is 1. The molecule has 6 aliphatic heterocycles. The lowest BCUT2D eigenvalue weighted by Crippen LogP contribution is -2.47. The van der Waals surface area contributed by atoms with E-state index in [1.54, 1.807) is 65.8 Å². The zero-order chi connectivity index (χ0) is 56.5. The van der Waals surface area contributed by atoms with Crippen LogP contribution in [0.2, 0.25) is 0 Å². The summed E-state index contributed by atoms with van der Waals surface area (Å²) in [6, 6.07) is 7.49. The van der Waals surface area contributed by atoms with E-state index >= 15 is 0 Å². The highest BCUT2D eigenvalue weighted by Crippen LogP contribution is 2.51. The maximum Gasteiger partial charge on any atom is 0.315 e. The second kappa shape index (κ2) is 23.6. The third-order valence-electron chi connectivity index (χ3n) is 16.4. The first-order chi connectivity index (χ1) is 36.9. The number of piperidine rings is 1. The third-order valence-corrected chi connectivity index (χ3v) is 16.4. The first kappa shape index (κ1) is 57.9. The molecule has 5 bridgehead atoms. The molecule has 3 aromatic rings. The molecule has 2 saturated heterocycles. The number of aromatic hydroxyl groups is 2. The molecule has 0 radical (unpaired) electrons. The second-order valence-electron chi connectivity index (χ2n) is 22.9. The summed E-state index contributed by atoms with van der Waals surface area (Å²) < 4.78 is 24.7. The van der Waals surface area contributed by atoms with Crippen molar-refractivity contribution in [3.8, 4) is 17.2 Å². The van der Waals surface area contributed by atoms with Gasteiger partial charge in [-0.3, -0.25) is 29.1 Å². The molecule has 19 nitrogen and oxygen atoms in total. The van der Waals surface area contributed by atoms with E-state index in [2.05, 4.69) is 51.2 Å². The highest BCUT2D eigenvalue weighted by molar-refractivity contribution is 6.21. The number of carbonyl (C=O) groups is 4. The number of fused-ring (bicyclic) bond motifs is 13. The Morgan fingerprint density at radius 2 is 1.56 bits per heavy atom. The summed E-state index contributed by atoms with van der Waals surface area (Å²) >= 11 is 0. The number of likely N-dealkylation sites (tertiary alicyclic amines) is 1. The Balaban J connectivity index is 1.12. The van der Waals surface area contributed by atoms with Crippen molar-refractivity contribution in [2.75, 3.05) is 70.6 Å².